The Hall–Kier alpha value is -1.72. The van der Waals surface area contributed by atoms with Crippen LogP contribution in [0.4, 0.5) is 13.2 Å². The molecule has 1 aromatic carbocycles. The van der Waals surface area contributed by atoms with Crippen LogP contribution in [-0.4, -0.2) is 37.2 Å². The van der Waals surface area contributed by atoms with Gasteiger partial charge in [-0.15, -0.1) is 0 Å². The summed E-state index contributed by atoms with van der Waals surface area (Å²) in [5, 5.41) is 0. The number of benzene rings is 1. The fraction of sp³-hybridized carbons (Fsp3) is 0.500. The summed E-state index contributed by atoms with van der Waals surface area (Å²) < 4.78 is 42.8. The summed E-state index contributed by atoms with van der Waals surface area (Å²) in [6, 6.07) is 3.79. The van der Waals surface area contributed by atoms with Gasteiger partial charge in [0.05, 0.1) is 7.11 Å². The highest BCUT2D eigenvalue weighted by Crippen LogP contribution is 2.30. The van der Waals surface area contributed by atoms with E-state index in [1.165, 1.54) is 0 Å². The maximum absolute atomic E-state index is 12.5. The van der Waals surface area contributed by atoms with Gasteiger partial charge in [-0.05, 0) is 36.5 Å². The van der Waals surface area contributed by atoms with E-state index < -0.39 is 12.1 Å². The van der Waals surface area contributed by atoms with Gasteiger partial charge in [0.25, 0.3) is 0 Å². The Morgan fingerprint density at radius 1 is 1.25 bits per heavy atom. The number of rotatable bonds is 1. The largest absolute Gasteiger partial charge is 0.496 e. The van der Waals surface area contributed by atoms with Gasteiger partial charge in [-0.3, -0.25) is 4.79 Å². The molecule has 0 radical (unpaired) electrons. The van der Waals surface area contributed by atoms with E-state index >= 15 is 0 Å². The lowest BCUT2D eigenvalue weighted by Gasteiger charge is -2.21. The molecule has 0 N–H and O–H groups in total. The third-order valence-corrected chi connectivity index (χ3v) is 3.57. The van der Waals surface area contributed by atoms with Gasteiger partial charge < -0.3 is 9.64 Å². The minimum absolute atomic E-state index is 0.0607. The fourth-order valence-corrected chi connectivity index (χ4v) is 2.57. The Morgan fingerprint density at radius 3 is 2.50 bits per heavy atom. The topological polar surface area (TPSA) is 29.5 Å². The van der Waals surface area contributed by atoms with Crippen molar-refractivity contribution in [3.05, 3.63) is 28.8 Å². The van der Waals surface area contributed by atoms with Crippen LogP contribution in [-0.2, 0) is 17.6 Å². The van der Waals surface area contributed by atoms with Gasteiger partial charge in [-0.2, -0.15) is 13.2 Å². The lowest BCUT2D eigenvalue weighted by molar-refractivity contribution is -0.185. The summed E-state index contributed by atoms with van der Waals surface area (Å²) in [6.45, 7) is 2.03. The van der Waals surface area contributed by atoms with E-state index in [-0.39, 0.29) is 13.1 Å². The SMILES string of the molecule is COc1c(C)ccc2c1CCN(C(=O)C(F)(F)F)CC2. The maximum atomic E-state index is 12.5. The number of alkyl halides is 3. The van der Waals surface area contributed by atoms with Crippen LogP contribution in [0.25, 0.3) is 0 Å². The molecule has 0 aliphatic carbocycles. The summed E-state index contributed by atoms with van der Waals surface area (Å²) in [7, 11) is 1.55. The summed E-state index contributed by atoms with van der Waals surface area (Å²) >= 11 is 0. The molecular weight excluding hydrogens is 271 g/mol. The Morgan fingerprint density at radius 2 is 1.90 bits per heavy atom. The van der Waals surface area contributed by atoms with E-state index in [1.807, 2.05) is 19.1 Å². The summed E-state index contributed by atoms with van der Waals surface area (Å²) in [6.07, 6.45) is -4.02. The average molecular weight is 287 g/mol. The molecule has 2 rings (SSSR count). The fourth-order valence-electron chi connectivity index (χ4n) is 2.57. The van der Waals surface area contributed by atoms with Crippen molar-refractivity contribution in [2.75, 3.05) is 20.2 Å². The zero-order valence-electron chi connectivity index (χ0n) is 11.4. The summed E-state index contributed by atoms with van der Waals surface area (Å²) in [4.78, 5) is 12.2. The number of fused-ring (bicyclic) bond motifs is 1. The highest BCUT2D eigenvalue weighted by atomic mass is 19.4. The van der Waals surface area contributed by atoms with Gasteiger partial charge in [-0.1, -0.05) is 12.1 Å². The van der Waals surface area contributed by atoms with E-state index in [9.17, 15) is 18.0 Å². The van der Waals surface area contributed by atoms with Crippen LogP contribution in [0.2, 0.25) is 0 Å². The third-order valence-electron chi connectivity index (χ3n) is 3.57. The van der Waals surface area contributed by atoms with Crippen LogP contribution < -0.4 is 4.74 Å². The van der Waals surface area contributed by atoms with Crippen molar-refractivity contribution in [2.24, 2.45) is 0 Å². The van der Waals surface area contributed by atoms with E-state index in [4.69, 9.17) is 4.74 Å². The predicted molar refractivity (Wildman–Crippen MR) is 67.8 cm³/mol. The van der Waals surface area contributed by atoms with Gasteiger partial charge in [0.2, 0.25) is 0 Å². The van der Waals surface area contributed by atoms with Crippen molar-refractivity contribution in [3.8, 4) is 5.75 Å². The number of nitrogens with zero attached hydrogens (tertiary/aromatic N) is 1. The minimum Gasteiger partial charge on any atom is -0.496 e. The molecule has 0 atom stereocenters. The second kappa shape index (κ2) is 5.34. The number of carbonyl (C=O) groups is 1. The lowest BCUT2D eigenvalue weighted by atomic mass is 9.99. The monoisotopic (exact) mass is 287 g/mol. The van der Waals surface area contributed by atoms with Gasteiger partial charge >= 0.3 is 12.1 Å². The number of aryl methyl sites for hydroxylation is 1. The number of carbonyl (C=O) groups excluding carboxylic acids is 1. The molecule has 1 aliphatic rings. The molecule has 110 valence electrons. The molecule has 3 nitrogen and oxygen atoms in total. The van der Waals surface area contributed by atoms with Crippen LogP contribution in [0.1, 0.15) is 16.7 Å². The third kappa shape index (κ3) is 2.73. The first-order valence-electron chi connectivity index (χ1n) is 6.36. The van der Waals surface area contributed by atoms with Crippen molar-refractivity contribution in [1.82, 2.24) is 4.90 Å². The van der Waals surface area contributed by atoms with Crippen LogP contribution in [0, 0.1) is 6.92 Å². The molecular formula is C14H16F3NO2. The first-order chi connectivity index (χ1) is 9.34. The Labute approximate surface area is 115 Å². The zero-order chi connectivity index (χ0) is 14.9. The summed E-state index contributed by atoms with van der Waals surface area (Å²) in [5.41, 5.74) is 2.80. The Bertz CT molecular complexity index is 526. The molecule has 1 heterocycles. The van der Waals surface area contributed by atoms with Gasteiger partial charge in [0, 0.05) is 13.1 Å². The number of ether oxygens (including phenoxy) is 1. The maximum Gasteiger partial charge on any atom is 0.471 e. The van der Waals surface area contributed by atoms with Gasteiger partial charge in [0.15, 0.2) is 0 Å². The van der Waals surface area contributed by atoms with Crippen molar-refractivity contribution in [1.29, 1.82) is 0 Å². The van der Waals surface area contributed by atoms with Crippen LogP contribution >= 0.6 is 0 Å². The smallest absolute Gasteiger partial charge is 0.471 e. The van der Waals surface area contributed by atoms with Crippen molar-refractivity contribution < 1.29 is 22.7 Å². The number of amides is 1. The average Bonchev–Trinajstić information content (AvgIpc) is 2.59. The molecule has 1 aliphatic heterocycles. The number of hydrogen-bond donors (Lipinski definition) is 0. The first kappa shape index (κ1) is 14.7. The Kier molecular flexibility index (Phi) is 3.92. The zero-order valence-corrected chi connectivity index (χ0v) is 11.4. The van der Waals surface area contributed by atoms with E-state index in [1.54, 1.807) is 7.11 Å². The molecule has 0 saturated carbocycles. The molecule has 0 spiro atoms. The highest BCUT2D eigenvalue weighted by Gasteiger charge is 2.42. The molecule has 1 aromatic rings. The Balaban J connectivity index is 2.25. The molecule has 0 saturated heterocycles. The minimum atomic E-state index is -4.81. The second-order valence-electron chi connectivity index (χ2n) is 4.84. The molecule has 6 heteroatoms. The number of hydrogen-bond acceptors (Lipinski definition) is 2. The van der Waals surface area contributed by atoms with Gasteiger partial charge in [0.1, 0.15) is 5.75 Å². The predicted octanol–water partition coefficient (Wildman–Crippen LogP) is 2.49. The molecule has 20 heavy (non-hydrogen) atoms. The van der Waals surface area contributed by atoms with Crippen LogP contribution in [0.3, 0.4) is 0 Å². The highest BCUT2D eigenvalue weighted by molar-refractivity contribution is 5.82. The van der Waals surface area contributed by atoms with E-state index in [0.717, 1.165) is 21.6 Å². The number of halogens is 3. The van der Waals surface area contributed by atoms with Crippen molar-refractivity contribution in [2.45, 2.75) is 25.9 Å². The number of methoxy groups -OCH3 is 1. The first-order valence-corrected chi connectivity index (χ1v) is 6.36. The van der Waals surface area contributed by atoms with Crippen LogP contribution in [0.15, 0.2) is 12.1 Å². The lowest BCUT2D eigenvalue weighted by Crippen LogP contribution is -2.42. The quantitative estimate of drug-likeness (QED) is 0.794. The summed E-state index contributed by atoms with van der Waals surface area (Å²) in [5.74, 6) is -1.05. The molecule has 0 unspecified atom stereocenters. The van der Waals surface area contributed by atoms with E-state index in [2.05, 4.69) is 0 Å². The van der Waals surface area contributed by atoms with Crippen LogP contribution in [0.5, 0.6) is 5.75 Å². The standard InChI is InChI=1S/C14H16F3NO2/c1-9-3-4-10-5-7-18(13(19)14(15,16)17)8-6-11(10)12(9)20-2/h3-4H,5-8H2,1-2H3. The molecule has 0 aromatic heterocycles. The molecule has 0 bridgehead atoms. The second-order valence-corrected chi connectivity index (χ2v) is 4.84. The normalized spacial score (nSPS) is 15.6. The molecule has 0 fully saturated rings. The molecule has 1 amide bonds. The van der Waals surface area contributed by atoms with Crippen molar-refractivity contribution >= 4 is 5.91 Å². The van der Waals surface area contributed by atoms with E-state index in [0.29, 0.717) is 18.6 Å². The van der Waals surface area contributed by atoms with Crippen molar-refractivity contribution in [3.63, 3.8) is 0 Å². The van der Waals surface area contributed by atoms with Gasteiger partial charge in [-0.25, -0.2) is 0 Å².